The van der Waals surface area contributed by atoms with Gasteiger partial charge in [-0.2, -0.15) is 0 Å². The first-order chi connectivity index (χ1) is 8.74. The molecule has 1 atom stereocenters. The highest BCUT2D eigenvalue weighted by molar-refractivity contribution is 5.04. The molecule has 1 saturated carbocycles. The molecular weight excluding hydrogens is 226 g/mol. The molecule has 1 unspecified atom stereocenters. The van der Waals surface area contributed by atoms with Gasteiger partial charge < -0.3 is 14.6 Å². The fraction of sp³-hybridized carbons (Fsp3) is 0.786. The lowest BCUT2D eigenvalue weighted by Crippen LogP contribution is -2.42. The zero-order chi connectivity index (χ0) is 13.0. The molecule has 0 saturated heterocycles. The van der Waals surface area contributed by atoms with E-state index in [0.29, 0.717) is 0 Å². The average Bonchev–Trinajstić information content (AvgIpc) is 2.78. The second-order valence-corrected chi connectivity index (χ2v) is 5.26. The molecule has 18 heavy (non-hydrogen) atoms. The van der Waals surface area contributed by atoms with Gasteiger partial charge in [-0.3, -0.25) is 0 Å². The van der Waals surface area contributed by atoms with E-state index in [-0.39, 0.29) is 11.6 Å². The summed E-state index contributed by atoms with van der Waals surface area (Å²) in [6.07, 6.45) is 9.76. The van der Waals surface area contributed by atoms with Crippen LogP contribution >= 0.6 is 0 Å². The highest BCUT2D eigenvalue weighted by Crippen LogP contribution is 2.41. The summed E-state index contributed by atoms with van der Waals surface area (Å²) in [7, 11) is 3.85. The van der Waals surface area contributed by atoms with Crippen LogP contribution in [0.1, 0.15) is 50.9 Å². The molecule has 0 aliphatic heterocycles. The van der Waals surface area contributed by atoms with E-state index < -0.39 is 0 Å². The molecule has 0 spiro atoms. The van der Waals surface area contributed by atoms with Crippen molar-refractivity contribution in [3.8, 4) is 0 Å². The number of aryl methyl sites for hydroxylation is 1. The van der Waals surface area contributed by atoms with Gasteiger partial charge in [0, 0.05) is 26.0 Å². The average molecular weight is 251 g/mol. The minimum atomic E-state index is 0.0800. The first-order valence-corrected chi connectivity index (χ1v) is 6.98. The second kappa shape index (κ2) is 5.85. The fourth-order valence-corrected chi connectivity index (χ4v) is 2.82. The minimum Gasteiger partial charge on any atom is -0.378 e. The SMILES string of the molecule is CCCn1ccnc1C(CC1(OC)CCC1)NC. The molecule has 1 aliphatic rings. The van der Waals surface area contributed by atoms with Gasteiger partial charge in [0.15, 0.2) is 0 Å². The van der Waals surface area contributed by atoms with Crippen molar-refractivity contribution in [3.63, 3.8) is 0 Å². The van der Waals surface area contributed by atoms with Crippen LogP contribution in [0.15, 0.2) is 12.4 Å². The van der Waals surface area contributed by atoms with Gasteiger partial charge in [-0.25, -0.2) is 4.98 Å². The molecule has 2 rings (SSSR count). The summed E-state index contributed by atoms with van der Waals surface area (Å²) in [6.45, 7) is 3.23. The van der Waals surface area contributed by atoms with Crippen molar-refractivity contribution in [1.29, 1.82) is 0 Å². The number of methoxy groups -OCH3 is 1. The summed E-state index contributed by atoms with van der Waals surface area (Å²) in [5, 5.41) is 3.40. The van der Waals surface area contributed by atoms with E-state index in [1.807, 2.05) is 20.4 Å². The molecule has 1 aromatic rings. The van der Waals surface area contributed by atoms with Gasteiger partial charge in [-0.1, -0.05) is 6.92 Å². The van der Waals surface area contributed by atoms with Crippen molar-refractivity contribution in [3.05, 3.63) is 18.2 Å². The maximum Gasteiger partial charge on any atom is 0.125 e. The normalized spacial score (nSPS) is 19.5. The quantitative estimate of drug-likeness (QED) is 0.809. The van der Waals surface area contributed by atoms with Gasteiger partial charge in [-0.15, -0.1) is 0 Å². The van der Waals surface area contributed by atoms with Crippen molar-refractivity contribution in [2.45, 2.75) is 57.2 Å². The minimum absolute atomic E-state index is 0.0800. The molecule has 1 fully saturated rings. The predicted octanol–water partition coefficient (Wildman–Crippen LogP) is 2.51. The summed E-state index contributed by atoms with van der Waals surface area (Å²) in [4.78, 5) is 4.53. The Labute approximate surface area is 110 Å². The monoisotopic (exact) mass is 251 g/mol. The van der Waals surface area contributed by atoms with Crippen molar-refractivity contribution in [1.82, 2.24) is 14.9 Å². The summed E-state index contributed by atoms with van der Waals surface area (Å²) in [5.74, 6) is 1.14. The molecule has 4 heteroatoms. The first kappa shape index (κ1) is 13.6. The zero-order valence-corrected chi connectivity index (χ0v) is 11.8. The van der Waals surface area contributed by atoms with Crippen molar-refractivity contribution in [2.75, 3.05) is 14.2 Å². The molecule has 1 aliphatic carbocycles. The Balaban J connectivity index is 2.10. The summed E-state index contributed by atoms with van der Waals surface area (Å²) >= 11 is 0. The highest BCUT2D eigenvalue weighted by Gasteiger charge is 2.39. The van der Waals surface area contributed by atoms with Crippen LogP contribution in [0.4, 0.5) is 0 Å². The second-order valence-electron chi connectivity index (χ2n) is 5.26. The summed E-state index contributed by atoms with van der Waals surface area (Å²) < 4.78 is 7.98. The van der Waals surface area contributed by atoms with Crippen LogP contribution in [0.25, 0.3) is 0 Å². The maximum absolute atomic E-state index is 5.73. The van der Waals surface area contributed by atoms with E-state index in [4.69, 9.17) is 4.74 Å². The highest BCUT2D eigenvalue weighted by atomic mass is 16.5. The Hall–Kier alpha value is -0.870. The van der Waals surface area contributed by atoms with E-state index in [2.05, 4.69) is 28.0 Å². The van der Waals surface area contributed by atoms with Gasteiger partial charge in [-0.05, 0) is 39.2 Å². The Morgan fingerprint density at radius 1 is 1.56 bits per heavy atom. The maximum atomic E-state index is 5.73. The van der Waals surface area contributed by atoms with E-state index in [9.17, 15) is 0 Å². The van der Waals surface area contributed by atoms with Crippen LogP contribution in [0.2, 0.25) is 0 Å². The lowest BCUT2D eigenvalue weighted by atomic mass is 9.75. The molecular formula is C14H25N3O. The molecule has 1 N–H and O–H groups in total. The lowest BCUT2D eigenvalue weighted by Gasteiger charge is -2.42. The van der Waals surface area contributed by atoms with Gasteiger partial charge in [0.1, 0.15) is 5.82 Å². The molecule has 1 aromatic heterocycles. The van der Waals surface area contributed by atoms with Gasteiger partial charge in [0.25, 0.3) is 0 Å². The number of rotatable bonds is 7. The van der Waals surface area contributed by atoms with Gasteiger partial charge in [0.2, 0.25) is 0 Å². The van der Waals surface area contributed by atoms with Crippen molar-refractivity contribution in [2.24, 2.45) is 0 Å². The first-order valence-electron chi connectivity index (χ1n) is 6.98. The molecule has 0 bridgehead atoms. The molecule has 102 valence electrons. The summed E-state index contributed by atoms with van der Waals surface area (Å²) in [5.41, 5.74) is 0.0800. The number of ether oxygens (including phenoxy) is 1. The Morgan fingerprint density at radius 2 is 2.33 bits per heavy atom. The number of hydrogen-bond acceptors (Lipinski definition) is 3. The molecule has 0 amide bonds. The molecule has 0 aromatic carbocycles. The van der Waals surface area contributed by atoms with E-state index in [1.54, 1.807) is 0 Å². The van der Waals surface area contributed by atoms with Crippen molar-refractivity contribution < 1.29 is 4.74 Å². The molecule has 1 heterocycles. The number of imidazole rings is 1. The van der Waals surface area contributed by atoms with Crippen molar-refractivity contribution >= 4 is 0 Å². The van der Waals surface area contributed by atoms with Crippen LogP contribution in [0.3, 0.4) is 0 Å². The van der Waals surface area contributed by atoms with Gasteiger partial charge in [0.05, 0.1) is 11.6 Å². The third-order valence-electron chi connectivity index (χ3n) is 4.15. The third-order valence-corrected chi connectivity index (χ3v) is 4.15. The Bertz CT molecular complexity index is 365. The van der Waals surface area contributed by atoms with Crippen LogP contribution in [-0.2, 0) is 11.3 Å². The van der Waals surface area contributed by atoms with E-state index in [0.717, 1.165) is 25.2 Å². The van der Waals surface area contributed by atoms with Crippen LogP contribution in [0.5, 0.6) is 0 Å². The Kier molecular flexibility index (Phi) is 4.40. The smallest absolute Gasteiger partial charge is 0.125 e. The molecule has 4 nitrogen and oxygen atoms in total. The van der Waals surface area contributed by atoms with Crippen LogP contribution in [0, 0.1) is 0 Å². The number of nitrogens with zero attached hydrogens (tertiary/aromatic N) is 2. The fourth-order valence-electron chi connectivity index (χ4n) is 2.82. The number of aromatic nitrogens is 2. The number of hydrogen-bond donors (Lipinski definition) is 1. The largest absolute Gasteiger partial charge is 0.378 e. The number of nitrogens with one attached hydrogen (secondary N) is 1. The zero-order valence-electron chi connectivity index (χ0n) is 11.8. The Morgan fingerprint density at radius 3 is 2.83 bits per heavy atom. The molecule has 0 radical (unpaired) electrons. The van der Waals surface area contributed by atoms with Crippen LogP contribution < -0.4 is 5.32 Å². The topological polar surface area (TPSA) is 39.1 Å². The standard InChI is InChI=1S/C14H25N3O/c1-4-9-17-10-8-16-13(17)12(15-2)11-14(18-3)6-5-7-14/h8,10,12,15H,4-7,9,11H2,1-3H3. The summed E-state index contributed by atoms with van der Waals surface area (Å²) in [6, 6.07) is 0.284. The predicted molar refractivity (Wildman–Crippen MR) is 72.5 cm³/mol. The third kappa shape index (κ3) is 2.59. The van der Waals surface area contributed by atoms with E-state index >= 15 is 0 Å². The van der Waals surface area contributed by atoms with Gasteiger partial charge >= 0.3 is 0 Å². The lowest BCUT2D eigenvalue weighted by molar-refractivity contribution is -0.0840. The van der Waals surface area contributed by atoms with E-state index in [1.165, 1.54) is 19.3 Å². The van der Waals surface area contributed by atoms with Crippen LogP contribution in [-0.4, -0.2) is 29.3 Å².